The van der Waals surface area contributed by atoms with Crippen molar-refractivity contribution in [3.8, 4) is 11.5 Å². The molecule has 7 nitrogen and oxygen atoms in total. The fraction of sp³-hybridized carbons (Fsp3) is 0.211. The summed E-state index contributed by atoms with van der Waals surface area (Å²) in [5.41, 5.74) is -0.549. The zero-order valence-electron chi connectivity index (χ0n) is 15.2. The molecule has 0 fully saturated rings. The van der Waals surface area contributed by atoms with Gasteiger partial charge in [-0.3, -0.25) is 9.20 Å². The van der Waals surface area contributed by atoms with E-state index >= 15 is 0 Å². The monoisotopic (exact) mass is 438 g/mol. The quantitative estimate of drug-likeness (QED) is 0.617. The number of pyridine rings is 1. The largest absolute Gasteiger partial charge is 0.454 e. The third kappa shape index (κ3) is 4.18. The molecule has 11 heteroatoms. The number of amides is 1. The molecule has 1 aliphatic rings. The maximum absolute atomic E-state index is 13.1. The van der Waals surface area contributed by atoms with Crippen LogP contribution in [0, 0.1) is 0 Å². The molecule has 156 valence electrons. The Kier molecular flexibility index (Phi) is 5.25. The van der Waals surface area contributed by atoms with Crippen LogP contribution in [-0.2, 0) is 17.4 Å². The molecule has 1 N–H and O–H groups in total. The van der Waals surface area contributed by atoms with Gasteiger partial charge in [-0.25, -0.2) is 0 Å². The number of hydrogen-bond donors (Lipinski definition) is 1. The van der Waals surface area contributed by atoms with Gasteiger partial charge in [-0.1, -0.05) is 17.7 Å². The number of benzene rings is 1. The van der Waals surface area contributed by atoms with E-state index < -0.39 is 11.7 Å². The normalized spacial score (nSPS) is 13.3. The van der Waals surface area contributed by atoms with Crippen LogP contribution in [-0.4, -0.2) is 33.8 Å². The predicted molar refractivity (Wildman–Crippen MR) is 101 cm³/mol. The highest BCUT2D eigenvalue weighted by Gasteiger charge is 2.35. The molecule has 1 amide bonds. The topological polar surface area (TPSA) is 77.8 Å². The first-order chi connectivity index (χ1) is 14.3. The van der Waals surface area contributed by atoms with E-state index in [0.29, 0.717) is 11.5 Å². The summed E-state index contributed by atoms with van der Waals surface area (Å²) in [6.45, 7) is 0.314. The van der Waals surface area contributed by atoms with Gasteiger partial charge in [0.15, 0.2) is 17.1 Å². The lowest BCUT2D eigenvalue weighted by Crippen LogP contribution is -2.24. The third-order valence-corrected chi connectivity index (χ3v) is 4.53. The number of nitrogens with zero attached hydrogens (tertiary/aromatic N) is 3. The van der Waals surface area contributed by atoms with Gasteiger partial charge in [0.2, 0.25) is 12.7 Å². The van der Waals surface area contributed by atoms with E-state index in [-0.39, 0.29) is 42.2 Å². The SMILES string of the molecule is O=C(C=Cc1ccc2c(c1)OCO2)NCCc1nnc2c(C(F)(F)F)cc(Cl)cn12. The molecule has 1 aliphatic heterocycles. The van der Waals surface area contributed by atoms with E-state index in [0.717, 1.165) is 11.6 Å². The van der Waals surface area contributed by atoms with Gasteiger partial charge >= 0.3 is 6.18 Å². The van der Waals surface area contributed by atoms with Gasteiger partial charge in [-0.05, 0) is 29.8 Å². The zero-order valence-corrected chi connectivity index (χ0v) is 16.0. The highest BCUT2D eigenvalue weighted by molar-refractivity contribution is 6.30. The van der Waals surface area contributed by atoms with Crippen LogP contribution >= 0.6 is 11.6 Å². The Hall–Kier alpha value is -3.27. The number of carbonyl (C=O) groups excluding carboxylic acids is 1. The second kappa shape index (κ2) is 7.86. The molecule has 2 aromatic heterocycles. The first kappa shape index (κ1) is 20.0. The number of hydrogen-bond acceptors (Lipinski definition) is 5. The minimum Gasteiger partial charge on any atom is -0.454 e. The standard InChI is InChI=1S/C19H14ClF3N4O3/c20-12-8-13(19(21,22)23)18-26-25-16(27(18)9-12)5-6-24-17(28)4-2-11-1-3-14-15(7-11)30-10-29-14/h1-4,7-9H,5-6,10H2,(H,24,28). The van der Waals surface area contributed by atoms with Crippen LogP contribution in [0.1, 0.15) is 17.0 Å². The molecule has 4 rings (SSSR count). The van der Waals surface area contributed by atoms with E-state index in [1.54, 1.807) is 24.3 Å². The number of carbonyl (C=O) groups is 1. The van der Waals surface area contributed by atoms with E-state index in [4.69, 9.17) is 21.1 Å². The average molecular weight is 439 g/mol. The smallest absolute Gasteiger partial charge is 0.420 e. The Balaban J connectivity index is 1.39. The molecule has 0 atom stereocenters. The molecule has 0 unspecified atom stereocenters. The first-order valence-corrected chi connectivity index (χ1v) is 9.15. The van der Waals surface area contributed by atoms with Crippen molar-refractivity contribution >= 4 is 29.2 Å². The first-order valence-electron chi connectivity index (χ1n) is 8.77. The predicted octanol–water partition coefficient (Wildman–Crippen LogP) is 3.50. The summed E-state index contributed by atoms with van der Waals surface area (Å²) in [6.07, 6.45) is -0.174. The lowest BCUT2D eigenvalue weighted by molar-refractivity contribution is -0.136. The molecule has 0 bridgehead atoms. The minimum absolute atomic E-state index is 0.0911. The van der Waals surface area contributed by atoms with Crippen LogP contribution < -0.4 is 14.8 Å². The third-order valence-electron chi connectivity index (χ3n) is 4.32. The second-order valence-electron chi connectivity index (χ2n) is 6.37. The summed E-state index contributed by atoms with van der Waals surface area (Å²) in [7, 11) is 0. The van der Waals surface area contributed by atoms with Crippen molar-refractivity contribution in [1.82, 2.24) is 19.9 Å². The fourth-order valence-electron chi connectivity index (χ4n) is 2.93. The van der Waals surface area contributed by atoms with E-state index in [9.17, 15) is 18.0 Å². The molecule has 1 aromatic carbocycles. The summed E-state index contributed by atoms with van der Waals surface area (Å²) < 4.78 is 51.1. The summed E-state index contributed by atoms with van der Waals surface area (Å²) in [5.74, 6) is 1.13. The van der Waals surface area contributed by atoms with Crippen molar-refractivity contribution in [2.24, 2.45) is 0 Å². The maximum atomic E-state index is 13.1. The Bertz CT molecular complexity index is 1140. The number of nitrogens with one attached hydrogen (secondary N) is 1. The number of alkyl halides is 3. The Morgan fingerprint density at radius 1 is 1.23 bits per heavy atom. The fourth-order valence-corrected chi connectivity index (χ4v) is 3.14. The van der Waals surface area contributed by atoms with E-state index in [1.807, 2.05) is 0 Å². The number of halogens is 4. The molecule has 0 aliphatic carbocycles. The number of fused-ring (bicyclic) bond motifs is 2. The van der Waals surface area contributed by atoms with Gasteiger partial charge in [0.1, 0.15) is 11.4 Å². The molecule has 0 saturated carbocycles. The summed E-state index contributed by atoms with van der Waals surface area (Å²) in [6, 6.07) is 6.08. The van der Waals surface area contributed by atoms with Gasteiger partial charge in [-0.15, -0.1) is 10.2 Å². The Morgan fingerprint density at radius 2 is 2.03 bits per heavy atom. The van der Waals surface area contributed by atoms with Gasteiger partial charge in [-0.2, -0.15) is 13.2 Å². The molecule has 30 heavy (non-hydrogen) atoms. The van der Waals surface area contributed by atoms with Crippen molar-refractivity contribution < 1.29 is 27.4 Å². The average Bonchev–Trinajstić information content (AvgIpc) is 3.31. The molecule has 3 aromatic rings. The molecule has 0 radical (unpaired) electrons. The maximum Gasteiger partial charge on any atom is 0.420 e. The van der Waals surface area contributed by atoms with Crippen LogP contribution in [0.15, 0.2) is 36.5 Å². The molecule has 0 spiro atoms. The molecular weight excluding hydrogens is 425 g/mol. The van der Waals surface area contributed by atoms with Crippen LogP contribution in [0.4, 0.5) is 13.2 Å². The van der Waals surface area contributed by atoms with Crippen molar-refractivity contribution in [3.05, 3.63) is 58.5 Å². The molecule has 0 saturated heterocycles. The van der Waals surface area contributed by atoms with Gasteiger partial charge in [0.05, 0.1) is 5.02 Å². The van der Waals surface area contributed by atoms with Gasteiger partial charge in [0.25, 0.3) is 0 Å². The van der Waals surface area contributed by atoms with Crippen molar-refractivity contribution in [1.29, 1.82) is 0 Å². The van der Waals surface area contributed by atoms with Crippen molar-refractivity contribution in [2.75, 3.05) is 13.3 Å². The summed E-state index contributed by atoms with van der Waals surface area (Å²) >= 11 is 5.81. The van der Waals surface area contributed by atoms with Gasteiger partial charge < -0.3 is 14.8 Å². The van der Waals surface area contributed by atoms with Crippen LogP contribution in [0.2, 0.25) is 5.02 Å². The summed E-state index contributed by atoms with van der Waals surface area (Å²) in [5, 5.41) is 9.97. The molecule has 3 heterocycles. The van der Waals surface area contributed by atoms with E-state index in [2.05, 4.69) is 15.5 Å². The highest BCUT2D eigenvalue weighted by atomic mass is 35.5. The van der Waals surface area contributed by atoms with Crippen molar-refractivity contribution in [3.63, 3.8) is 0 Å². The highest BCUT2D eigenvalue weighted by Crippen LogP contribution is 2.34. The Labute approximate surface area is 173 Å². The number of ether oxygens (including phenoxy) is 2. The van der Waals surface area contributed by atoms with Crippen LogP contribution in [0.5, 0.6) is 11.5 Å². The van der Waals surface area contributed by atoms with Crippen molar-refractivity contribution in [2.45, 2.75) is 12.6 Å². The lowest BCUT2D eigenvalue weighted by atomic mass is 10.2. The second-order valence-corrected chi connectivity index (χ2v) is 6.80. The summed E-state index contributed by atoms with van der Waals surface area (Å²) in [4.78, 5) is 12.0. The number of aromatic nitrogens is 3. The Morgan fingerprint density at radius 3 is 2.83 bits per heavy atom. The lowest BCUT2D eigenvalue weighted by Gasteiger charge is -2.09. The van der Waals surface area contributed by atoms with Gasteiger partial charge in [0, 0.05) is 25.2 Å². The number of rotatable bonds is 5. The minimum atomic E-state index is -4.61. The zero-order chi connectivity index (χ0) is 21.3. The van der Waals surface area contributed by atoms with Crippen LogP contribution in [0.25, 0.3) is 11.7 Å². The van der Waals surface area contributed by atoms with E-state index in [1.165, 1.54) is 16.7 Å². The van der Waals surface area contributed by atoms with Crippen LogP contribution in [0.3, 0.4) is 0 Å². The molecular formula is C19H14ClF3N4O3.